The molecule has 0 aliphatic rings. The van der Waals surface area contributed by atoms with Gasteiger partial charge in [0, 0.05) is 6.61 Å². The van der Waals surface area contributed by atoms with E-state index in [0.717, 1.165) is 11.1 Å². The van der Waals surface area contributed by atoms with Gasteiger partial charge in [0.05, 0.1) is 12.2 Å². The normalized spacial score (nSPS) is 10.2. The number of carbonyl (C=O) groups is 1. The van der Waals surface area contributed by atoms with Crippen LogP contribution in [-0.4, -0.2) is 24.3 Å². The third-order valence-electron chi connectivity index (χ3n) is 3.02. The van der Waals surface area contributed by atoms with E-state index in [9.17, 15) is 4.79 Å². The summed E-state index contributed by atoms with van der Waals surface area (Å²) < 4.78 is 5.24. The second-order valence-corrected chi connectivity index (χ2v) is 4.48. The number of unbranched alkanes of at least 4 members (excludes halogenated alkanes) is 1. The van der Waals surface area contributed by atoms with E-state index in [1.165, 1.54) is 0 Å². The van der Waals surface area contributed by atoms with Crippen LogP contribution in [0.2, 0.25) is 0 Å². The van der Waals surface area contributed by atoms with Gasteiger partial charge in [-0.2, -0.15) is 0 Å². The molecule has 0 spiro atoms. The maximum absolute atomic E-state index is 12.1. The smallest absolute Gasteiger partial charge is 0.338 e. The van der Waals surface area contributed by atoms with Crippen molar-refractivity contribution in [2.45, 2.75) is 12.8 Å². The Morgan fingerprint density at radius 1 is 0.950 bits per heavy atom. The van der Waals surface area contributed by atoms with E-state index in [1.807, 2.05) is 48.5 Å². The van der Waals surface area contributed by atoms with Crippen molar-refractivity contribution >= 4 is 5.97 Å². The highest BCUT2D eigenvalue weighted by Crippen LogP contribution is 2.23. The monoisotopic (exact) mass is 270 g/mol. The first kappa shape index (κ1) is 14.3. The van der Waals surface area contributed by atoms with Gasteiger partial charge in [0.1, 0.15) is 0 Å². The lowest BCUT2D eigenvalue weighted by molar-refractivity contribution is 0.0493. The Morgan fingerprint density at radius 2 is 1.65 bits per heavy atom. The number of ether oxygens (including phenoxy) is 1. The van der Waals surface area contributed by atoms with Crippen molar-refractivity contribution in [1.82, 2.24) is 0 Å². The molecule has 0 heterocycles. The Hall–Kier alpha value is -2.13. The van der Waals surface area contributed by atoms with E-state index in [2.05, 4.69) is 0 Å². The van der Waals surface area contributed by atoms with Gasteiger partial charge in [-0.15, -0.1) is 0 Å². The number of esters is 1. The summed E-state index contributed by atoms with van der Waals surface area (Å²) in [5.74, 6) is -0.317. The largest absolute Gasteiger partial charge is 0.462 e. The average molecular weight is 270 g/mol. The lowest BCUT2D eigenvalue weighted by Gasteiger charge is -2.09. The molecule has 0 radical (unpaired) electrons. The number of benzene rings is 2. The SMILES string of the molecule is O=C(OCCCCO)c1ccccc1-c1ccccc1. The van der Waals surface area contributed by atoms with Crippen molar-refractivity contribution in [3.63, 3.8) is 0 Å². The first-order valence-electron chi connectivity index (χ1n) is 6.75. The zero-order valence-electron chi connectivity index (χ0n) is 11.3. The maximum atomic E-state index is 12.1. The summed E-state index contributed by atoms with van der Waals surface area (Å²) in [5, 5.41) is 8.70. The van der Waals surface area contributed by atoms with Crippen LogP contribution in [0.25, 0.3) is 11.1 Å². The second kappa shape index (κ2) is 7.46. The molecule has 0 aliphatic heterocycles. The topological polar surface area (TPSA) is 46.5 Å². The highest BCUT2D eigenvalue weighted by molar-refractivity contribution is 5.97. The van der Waals surface area contributed by atoms with E-state index in [1.54, 1.807) is 6.07 Å². The quantitative estimate of drug-likeness (QED) is 0.647. The molecule has 0 bridgehead atoms. The van der Waals surface area contributed by atoms with Gasteiger partial charge in [-0.25, -0.2) is 4.79 Å². The van der Waals surface area contributed by atoms with Crippen molar-refractivity contribution in [2.75, 3.05) is 13.2 Å². The number of rotatable bonds is 6. The molecule has 2 aromatic carbocycles. The van der Waals surface area contributed by atoms with Crippen LogP contribution in [0.15, 0.2) is 54.6 Å². The molecule has 0 saturated heterocycles. The van der Waals surface area contributed by atoms with Crippen LogP contribution in [0, 0.1) is 0 Å². The standard InChI is InChI=1S/C17H18O3/c18-12-6-7-13-20-17(19)16-11-5-4-10-15(16)14-8-2-1-3-9-14/h1-5,8-11,18H,6-7,12-13H2. The van der Waals surface area contributed by atoms with Crippen molar-refractivity contribution in [3.8, 4) is 11.1 Å². The first-order valence-corrected chi connectivity index (χ1v) is 6.75. The van der Waals surface area contributed by atoms with Crippen LogP contribution in [0.1, 0.15) is 23.2 Å². The van der Waals surface area contributed by atoms with Gasteiger partial charge in [-0.3, -0.25) is 0 Å². The molecular weight excluding hydrogens is 252 g/mol. The van der Waals surface area contributed by atoms with Crippen molar-refractivity contribution < 1.29 is 14.6 Å². The van der Waals surface area contributed by atoms with Gasteiger partial charge >= 0.3 is 5.97 Å². The number of carbonyl (C=O) groups excluding carboxylic acids is 1. The minimum atomic E-state index is -0.317. The number of aliphatic hydroxyl groups excluding tert-OH is 1. The van der Waals surface area contributed by atoms with E-state index < -0.39 is 0 Å². The van der Waals surface area contributed by atoms with Gasteiger partial charge in [0.2, 0.25) is 0 Å². The first-order chi connectivity index (χ1) is 9.83. The van der Waals surface area contributed by atoms with Gasteiger partial charge in [0.25, 0.3) is 0 Å². The van der Waals surface area contributed by atoms with Crippen LogP contribution in [0.3, 0.4) is 0 Å². The molecule has 3 heteroatoms. The molecule has 0 aromatic heterocycles. The van der Waals surface area contributed by atoms with E-state index >= 15 is 0 Å². The minimum absolute atomic E-state index is 0.123. The number of aliphatic hydroxyl groups is 1. The fourth-order valence-electron chi connectivity index (χ4n) is 1.99. The van der Waals surface area contributed by atoms with Gasteiger partial charge in [0.15, 0.2) is 0 Å². The van der Waals surface area contributed by atoms with Crippen LogP contribution in [0.4, 0.5) is 0 Å². The molecule has 2 aromatic rings. The van der Waals surface area contributed by atoms with Gasteiger partial charge < -0.3 is 9.84 Å². The zero-order valence-corrected chi connectivity index (χ0v) is 11.3. The highest BCUT2D eigenvalue weighted by Gasteiger charge is 2.13. The summed E-state index contributed by atoms with van der Waals surface area (Å²) in [4.78, 5) is 12.1. The summed E-state index contributed by atoms with van der Waals surface area (Å²) in [6, 6.07) is 17.2. The van der Waals surface area contributed by atoms with Gasteiger partial charge in [-0.1, -0.05) is 48.5 Å². The van der Waals surface area contributed by atoms with Crippen molar-refractivity contribution in [3.05, 3.63) is 60.2 Å². The third-order valence-corrected chi connectivity index (χ3v) is 3.02. The molecule has 3 nitrogen and oxygen atoms in total. The summed E-state index contributed by atoms with van der Waals surface area (Å²) in [5.41, 5.74) is 2.44. The molecule has 0 unspecified atom stereocenters. The molecule has 0 saturated carbocycles. The van der Waals surface area contributed by atoms with Crippen LogP contribution >= 0.6 is 0 Å². The molecule has 1 N–H and O–H groups in total. The third kappa shape index (κ3) is 3.68. The Balaban J connectivity index is 2.14. The Kier molecular flexibility index (Phi) is 5.33. The predicted molar refractivity (Wildman–Crippen MR) is 78.5 cm³/mol. The van der Waals surface area contributed by atoms with Crippen molar-refractivity contribution in [2.24, 2.45) is 0 Å². The average Bonchev–Trinajstić information content (AvgIpc) is 2.52. The summed E-state index contributed by atoms with van der Waals surface area (Å²) >= 11 is 0. The van der Waals surface area contributed by atoms with Crippen LogP contribution in [-0.2, 0) is 4.74 Å². The van der Waals surface area contributed by atoms with E-state index in [0.29, 0.717) is 25.0 Å². The molecular formula is C17H18O3. The fourth-order valence-corrected chi connectivity index (χ4v) is 1.99. The molecule has 0 aliphatic carbocycles. The molecule has 2 rings (SSSR count). The molecule has 104 valence electrons. The predicted octanol–water partition coefficient (Wildman–Crippen LogP) is 3.28. The minimum Gasteiger partial charge on any atom is -0.462 e. The summed E-state index contributed by atoms with van der Waals surface area (Å²) in [6.07, 6.45) is 1.32. The lowest BCUT2D eigenvalue weighted by Crippen LogP contribution is -2.08. The molecule has 20 heavy (non-hydrogen) atoms. The lowest BCUT2D eigenvalue weighted by atomic mass is 10.00. The number of hydrogen-bond donors (Lipinski definition) is 1. The fraction of sp³-hybridized carbons (Fsp3) is 0.235. The molecule has 0 fully saturated rings. The maximum Gasteiger partial charge on any atom is 0.338 e. The summed E-state index contributed by atoms with van der Waals surface area (Å²) in [6.45, 7) is 0.459. The van der Waals surface area contributed by atoms with Crippen LogP contribution in [0.5, 0.6) is 0 Å². The zero-order chi connectivity index (χ0) is 14.2. The molecule has 0 atom stereocenters. The highest BCUT2D eigenvalue weighted by atomic mass is 16.5. The van der Waals surface area contributed by atoms with E-state index in [4.69, 9.17) is 9.84 Å². The Labute approximate surface area is 118 Å². The Morgan fingerprint density at radius 3 is 2.40 bits per heavy atom. The Bertz CT molecular complexity index is 549. The number of hydrogen-bond acceptors (Lipinski definition) is 3. The second-order valence-electron chi connectivity index (χ2n) is 4.48. The van der Waals surface area contributed by atoms with Gasteiger partial charge in [-0.05, 0) is 30.0 Å². The van der Waals surface area contributed by atoms with E-state index in [-0.39, 0.29) is 12.6 Å². The van der Waals surface area contributed by atoms with Crippen LogP contribution < -0.4 is 0 Å². The molecule has 0 amide bonds. The van der Waals surface area contributed by atoms with Crippen molar-refractivity contribution in [1.29, 1.82) is 0 Å². The summed E-state index contributed by atoms with van der Waals surface area (Å²) in [7, 11) is 0.